The molecule has 0 aliphatic carbocycles. The summed E-state index contributed by atoms with van der Waals surface area (Å²) in [5, 5.41) is 5.12. The normalized spacial score (nSPS) is 15.6. The number of para-hydroxylation sites is 1. The maximum atomic E-state index is 13.1. The molecule has 2 aliphatic heterocycles. The molecule has 1 fully saturated rings. The van der Waals surface area contributed by atoms with E-state index >= 15 is 0 Å². The van der Waals surface area contributed by atoms with Gasteiger partial charge in [-0.25, -0.2) is 4.79 Å². The second-order valence-corrected chi connectivity index (χ2v) is 7.95. The van der Waals surface area contributed by atoms with Crippen molar-refractivity contribution in [2.45, 2.75) is 6.18 Å². The van der Waals surface area contributed by atoms with E-state index in [9.17, 15) is 22.8 Å². The molecule has 12 heteroatoms. The molecular weight excluding hydrogens is 469 g/mol. The molecule has 4 rings (SSSR count). The number of urea groups is 1. The predicted molar refractivity (Wildman–Crippen MR) is 120 cm³/mol. The molecular formula is C23H25F3N4O5. The third-order valence-corrected chi connectivity index (χ3v) is 5.52. The van der Waals surface area contributed by atoms with E-state index in [1.54, 1.807) is 28.0 Å². The quantitative estimate of drug-likeness (QED) is 0.576. The summed E-state index contributed by atoms with van der Waals surface area (Å²) in [7, 11) is 0. The van der Waals surface area contributed by atoms with E-state index in [4.69, 9.17) is 14.2 Å². The van der Waals surface area contributed by atoms with Gasteiger partial charge in [0.05, 0.1) is 24.3 Å². The number of fused-ring (bicyclic) bond motifs is 1. The summed E-state index contributed by atoms with van der Waals surface area (Å²) in [6, 6.07) is 9.84. The van der Waals surface area contributed by atoms with Crippen molar-refractivity contribution in [1.29, 1.82) is 0 Å². The molecule has 1 saturated heterocycles. The van der Waals surface area contributed by atoms with Crippen LogP contribution >= 0.6 is 0 Å². The molecule has 9 nitrogen and oxygen atoms in total. The van der Waals surface area contributed by atoms with Gasteiger partial charge >= 0.3 is 12.2 Å². The van der Waals surface area contributed by atoms with Crippen LogP contribution in [0.25, 0.3) is 0 Å². The molecule has 0 unspecified atom stereocenters. The molecule has 0 saturated carbocycles. The van der Waals surface area contributed by atoms with Crippen LogP contribution in [0.15, 0.2) is 42.5 Å². The molecule has 2 N–H and O–H groups in total. The minimum atomic E-state index is -4.56. The van der Waals surface area contributed by atoms with E-state index < -0.39 is 17.6 Å². The standard InChI is InChI=1S/C23H25F3N4O5/c24-23(25,26)17-3-1-2-4-18(17)28-21(31)14-29-8-10-30(11-9-29)22(32)27-7-12-33-16-5-6-19-20(13-16)35-15-34-19/h1-6,13H,7-12,14-15H2,(H,27,32)(H,28,31). The molecule has 2 aliphatic rings. The Morgan fingerprint density at radius 2 is 1.74 bits per heavy atom. The van der Waals surface area contributed by atoms with Crippen molar-refractivity contribution < 1.29 is 37.0 Å². The SMILES string of the molecule is O=C(CN1CCN(C(=O)NCCOc2ccc3c(c2)OCO3)CC1)Nc1ccccc1C(F)(F)F. The summed E-state index contributed by atoms with van der Waals surface area (Å²) in [6.07, 6.45) is -4.56. The lowest BCUT2D eigenvalue weighted by atomic mass is 10.1. The number of carbonyl (C=O) groups is 2. The third kappa shape index (κ3) is 6.47. The lowest BCUT2D eigenvalue weighted by Gasteiger charge is -2.34. The first kappa shape index (κ1) is 24.5. The summed E-state index contributed by atoms with van der Waals surface area (Å²) in [5.41, 5.74) is -1.16. The molecule has 0 bridgehead atoms. The number of nitrogens with one attached hydrogen (secondary N) is 2. The average molecular weight is 494 g/mol. The van der Waals surface area contributed by atoms with Crippen LogP contribution < -0.4 is 24.8 Å². The number of halogens is 3. The fraction of sp³-hybridized carbons (Fsp3) is 0.391. The number of alkyl halides is 3. The molecule has 0 aromatic heterocycles. The molecule has 0 atom stereocenters. The Labute approximate surface area is 199 Å². The van der Waals surface area contributed by atoms with Crippen molar-refractivity contribution in [2.75, 3.05) is 58.0 Å². The van der Waals surface area contributed by atoms with Gasteiger partial charge in [-0.1, -0.05) is 12.1 Å². The Kier molecular flexibility index (Phi) is 7.49. The van der Waals surface area contributed by atoms with Crippen LogP contribution in [-0.2, 0) is 11.0 Å². The fourth-order valence-corrected chi connectivity index (χ4v) is 3.75. The number of nitrogens with zero attached hydrogens (tertiary/aromatic N) is 2. The van der Waals surface area contributed by atoms with Gasteiger partial charge in [-0.2, -0.15) is 13.2 Å². The number of piperazine rings is 1. The number of hydrogen-bond acceptors (Lipinski definition) is 6. The van der Waals surface area contributed by atoms with Gasteiger partial charge in [-0.3, -0.25) is 9.69 Å². The summed E-state index contributed by atoms with van der Waals surface area (Å²) < 4.78 is 55.4. The highest BCUT2D eigenvalue weighted by Gasteiger charge is 2.33. The van der Waals surface area contributed by atoms with E-state index in [0.29, 0.717) is 50.0 Å². The topological polar surface area (TPSA) is 92.4 Å². The highest BCUT2D eigenvalue weighted by atomic mass is 19.4. The molecule has 0 radical (unpaired) electrons. The second-order valence-electron chi connectivity index (χ2n) is 7.95. The van der Waals surface area contributed by atoms with Crippen molar-refractivity contribution >= 4 is 17.6 Å². The lowest BCUT2D eigenvalue weighted by molar-refractivity contribution is -0.137. The maximum Gasteiger partial charge on any atom is 0.418 e. The predicted octanol–water partition coefficient (Wildman–Crippen LogP) is 2.78. The number of benzene rings is 2. The van der Waals surface area contributed by atoms with Crippen LogP contribution in [0.5, 0.6) is 17.2 Å². The highest BCUT2D eigenvalue weighted by Crippen LogP contribution is 2.35. The monoisotopic (exact) mass is 494 g/mol. The van der Waals surface area contributed by atoms with Crippen LogP contribution in [0.3, 0.4) is 0 Å². The number of carbonyl (C=O) groups excluding carboxylic acids is 2. The Bertz CT molecular complexity index is 1060. The van der Waals surface area contributed by atoms with Crippen LogP contribution in [0.2, 0.25) is 0 Å². The van der Waals surface area contributed by atoms with Gasteiger partial charge in [-0.05, 0) is 24.3 Å². The summed E-state index contributed by atoms with van der Waals surface area (Å²) in [4.78, 5) is 28.1. The summed E-state index contributed by atoms with van der Waals surface area (Å²) in [5.74, 6) is 1.34. The average Bonchev–Trinajstić information content (AvgIpc) is 3.30. The van der Waals surface area contributed by atoms with Crippen molar-refractivity contribution in [3.63, 3.8) is 0 Å². The number of ether oxygens (including phenoxy) is 3. The first-order valence-electron chi connectivity index (χ1n) is 11.0. The van der Waals surface area contributed by atoms with E-state index in [0.717, 1.165) is 6.07 Å². The molecule has 2 heterocycles. The zero-order valence-electron chi connectivity index (χ0n) is 18.8. The minimum Gasteiger partial charge on any atom is -0.492 e. The maximum absolute atomic E-state index is 13.1. The zero-order chi connectivity index (χ0) is 24.8. The number of rotatable bonds is 7. The minimum absolute atomic E-state index is 0.0645. The van der Waals surface area contributed by atoms with Crippen LogP contribution in [-0.4, -0.2) is 74.4 Å². The smallest absolute Gasteiger partial charge is 0.418 e. The Morgan fingerprint density at radius 1 is 1.00 bits per heavy atom. The van der Waals surface area contributed by atoms with Crippen molar-refractivity contribution in [2.24, 2.45) is 0 Å². The lowest BCUT2D eigenvalue weighted by Crippen LogP contribution is -2.53. The van der Waals surface area contributed by atoms with Crippen LogP contribution in [0.1, 0.15) is 5.56 Å². The molecule has 2 aromatic rings. The number of anilines is 1. The largest absolute Gasteiger partial charge is 0.492 e. The van der Waals surface area contributed by atoms with Gasteiger partial charge in [0.1, 0.15) is 12.4 Å². The fourth-order valence-electron chi connectivity index (χ4n) is 3.75. The third-order valence-electron chi connectivity index (χ3n) is 5.52. The molecule has 0 spiro atoms. The van der Waals surface area contributed by atoms with E-state index in [-0.39, 0.29) is 31.7 Å². The van der Waals surface area contributed by atoms with Crippen molar-refractivity contribution in [3.8, 4) is 17.2 Å². The van der Waals surface area contributed by atoms with Crippen molar-refractivity contribution in [3.05, 3.63) is 48.0 Å². The first-order valence-corrected chi connectivity index (χ1v) is 11.0. The first-order chi connectivity index (χ1) is 16.8. The summed E-state index contributed by atoms with van der Waals surface area (Å²) >= 11 is 0. The van der Waals surface area contributed by atoms with Gasteiger partial charge in [-0.15, -0.1) is 0 Å². The molecule has 2 aromatic carbocycles. The number of amides is 3. The van der Waals surface area contributed by atoms with E-state index in [1.165, 1.54) is 18.2 Å². The van der Waals surface area contributed by atoms with Crippen LogP contribution in [0, 0.1) is 0 Å². The summed E-state index contributed by atoms with van der Waals surface area (Å²) in [6.45, 7) is 2.32. The van der Waals surface area contributed by atoms with Crippen LogP contribution in [0.4, 0.5) is 23.7 Å². The van der Waals surface area contributed by atoms with E-state index in [2.05, 4.69) is 10.6 Å². The highest BCUT2D eigenvalue weighted by molar-refractivity contribution is 5.93. The molecule has 35 heavy (non-hydrogen) atoms. The Hall–Kier alpha value is -3.67. The Balaban J connectivity index is 1.15. The van der Waals surface area contributed by atoms with Gasteiger partial charge < -0.3 is 29.7 Å². The van der Waals surface area contributed by atoms with E-state index in [1.807, 2.05) is 0 Å². The number of hydrogen-bond donors (Lipinski definition) is 2. The second kappa shape index (κ2) is 10.7. The zero-order valence-corrected chi connectivity index (χ0v) is 18.8. The Morgan fingerprint density at radius 3 is 2.51 bits per heavy atom. The van der Waals surface area contributed by atoms with Gasteiger partial charge in [0, 0.05) is 32.2 Å². The molecule has 3 amide bonds. The van der Waals surface area contributed by atoms with Gasteiger partial charge in [0.15, 0.2) is 11.5 Å². The van der Waals surface area contributed by atoms with Crippen molar-refractivity contribution in [1.82, 2.24) is 15.1 Å². The van der Waals surface area contributed by atoms with Gasteiger partial charge in [0.25, 0.3) is 0 Å². The molecule has 188 valence electrons. The van der Waals surface area contributed by atoms with Gasteiger partial charge in [0.2, 0.25) is 12.7 Å².